The highest BCUT2D eigenvalue weighted by Crippen LogP contribution is 2.28. The van der Waals surface area contributed by atoms with Crippen LogP contribution in [0, 0.1) is 0 Å². The van der Waals surface area contributed by atoms with Crippen LogP contribution in [0.4, 0.5) is 23.1 Å². The summed E-state index contributed by atoms with van der Waals surface area (Å²) in [5, 5.41) is 12.0. The molecule has 1 unspecified atom stereocenters. The van der Waals surface area contributed by atoms with Crippen molar-refractivity contribution in [3.63, 3.8) is 0 Å². The molecule has 0 spiro atoms. The monoisotopic (exact) mass is 402 g/mol. The van der Waals surface area contributed by atoms with Crippen LogP contribution in [-0.4, -0.2) is 33.2 Å². The molecule has 1 fully saturated rings. The molecule has 1 aromatic heterocycles. The Morgan fingerprint density at radius 2 is 1.89 bits per heavy atom. The minimum Gasteiger partial charge on any atom is -0.365 e. The molecule has 0 radical (unpaired) electrons. The number of benzene rings is 1. The highest BCUT2D eigenvalue weighted by molar-refractivity contribution is 7.82. The lowest BCUT2D eigenvalue weighted by Crippen LogP contribution is -2.28. The first-order valence-corrected chi connectivity index (χ1v) is 10.6. The van der Waals surface area contributed by atoms with Gasteiger partial charge < -0.3 is 15.5 Å². The zero-order valence-electron chi connectivity index (χ0n) is 16.1. The van der Waals surface area contributed by atoms with Crippen molar-refractivity contribution in [1.29, 1.82) is 0 Å². The van der Waals surface area contributed by atoms with E-state index >= 15 is 0 Å². The van der Waals surface area contributed by atoms with Gasteiger partial charge in [-0.2, -0.15) is 4.98 Å². The van der Waals surface area contributed by atoms with E-state index in [1.165, 1.54) is 26.2 Å². The van der Waals surface area contributed by atoms with Gasteiger partial charge in [-0.05, 0) is 37.1 Å². The van der Waals surface area contributed by atoms with Crippen LogP contribution in [0.15, 0.2) is 35.4 Å². The summed E-state index contributed by atoms with van der Waals surface area (Å²) in [7, 11) is 0.203. The maximum atomic E-state index is 11.8. The Labute approximate surface area is 167 Å². The minimum absolute atomic E-state index is 0.0821. The van der Waals surface area contributed by atoms with E-state index in [2.05, 4.69) is 20.6 Å². The van der Waals surface area contributed by atoms with Gasteiger partial charge in [0.05, 0.1) is 11.1 Å². The number of rotatable bonds is 6. The Bertz CT molecular complexity index is 852. The summed E-state index contributed by atoms with van der Waals surface area (Å²) in [5.41, 5.74) is 1.41. The molecule has 2 aromatic rings. The molecule has 28 heavy (non-hydrogen) atoms. The van der Waals surface area contributed by atoms with Crippen LogP contribution in [0.3, 0.4) is 0 Å². The van der Waals surface area contributed by atoms with Gasteiger partial charge in [-0.3, -0.25) is 4.79 Å². The molecule has 4 N–H and O–H groups in total. The van der Waals surface area contributed by atoms with E-state index in [1.807, 2.05) is 0 Å². The van der Waals surface area contributed by atoms with E-state index in [1.54, 1.807) is 42.4 Å². The summed E-state index contributed by atoms with van der Waals surface area (Å²) in [6.07, 6.45) is 7.48. The predicted octanol–water partition coefficient (Wildman–Crippen LogP) is 2.93. The zero-order chi connectivity index (χ0) is 20.1. The molecule has 150 valence electrons. The van der Waals surface area contributed by atoms with Gasteiger partial charge in [-0.1, -0.05) is 19.3 Å². The highest BCUT2D eigenvalue weighted by atomic mass is 32.2. The molecule has 8 nitrogen and oxygen atoms in total. The van der Waals surface area contributed by atoms with Crippen molar-refractivity contribution >= 4 is 40.0 Å². The zero-order valence-corrected chi connectivity index (χ0v) is 17.0. The standard InChI is InChI=1S/C19H26N6O2S/c1-13(26)25(2)17-12-21-19(23-15-8-10-16(11-9-15)28(20)27)24-18(17)22-14-6-4-3-5-7-14/h8-12,14H,3-7,20H2,1-2H3,(H2,21,22,23,24). The van der Waals surface area contributed by atoms with Crippen LogP contribution in [-0.2, 0) is 15.8 Å². The fraction of sp³-hybridized carbons (Fsp3) is 0.421. The van der Waals surface area contributed by atoms with E-state index < -0.39 is 11.0 Å². The molecular weight excluding hydrogens is 376 g/mol. The predicted molar refractivity (Wildman–Crippen MR) is 112 cm³/mol. The molecule has 1 aromatic carbocycles. The third kappa shape index (κ3) is 5.05. The molecule has 1 aliphatic rings. The van der Waals surface area contributed by atoms with Crippen LogP contribution < -0.4 is 20.7 Å². The fourth-order valence-electron chi connectivity index (χ4n) is 3.20. The van der Waals surface area contributed by atoms with Crippen LogP contribution >= 0.6 is 0 Å². The Hall–Kier alpha value is -2.52. The Balaban J connectivity index is 1.84. The normalized spacial score (nSPS) is 15.7. The summed E-state index contributed by atoms with van der Waals surface area (Å²) in [6, 6.07) is 7.27. The first-order valence-electron chi connectivity index (χ1n) is 9.35. The molecule has 1 aliphatic carbocycles. The van der Waals surface area contributed by atoms with E-state index in [4.69, 9.17) is 5.14 Å². The van der Waals surface area contributed by atoms with Crippen molar-refractivity contribution in [2.45, 2.75) is 50.0 Å². The Morgan fingerprint density at radius 3 is 2.50 bits per heavy atom. The lowest BCUT2D eigenvalue weighted by molar-refractivity contribution is -0.116. The number of anilines is 4. The van der Waals surface area contributed by atoms with E-state index in [0.717, 1.165) is 18.5 Å². The van der Waals surface area contributed by atoms with Crippen LogP contribution in [0.1, 0.15) is 39.0 Å². The van der Waals surface area contributed by atoms with Gasteiger partial charge in [0.1, 0.15) is 16.7 Å². The molecule has 1 heterocycles. The van der Waals surface area contributed by atoms with Gasteiger partial charge in [0, 0.05) is 25.7 Å². The van der Waals surface area contributed by atoms with Crippen LogP contribution in [0.25, 0.3) is 0 Å². The third-order valence-electron chi connectivity index (χ3n) is 4.89. The first-order chi connectivity index (χ1) is 13.4. The molecule has 1 saturated carbocycles. The summed E-state index contributed by atoms with van der Waals surface area (Å²) < 4.78 is 11.3. The second kappa shape index (κ2) is 9.11. The lowest BCUT2D eigenvalue weighted by atomic mass is 9.95. The Morgan fingerprint density at radius 1 is 1.21 bits per heavy atom. The van der Waals surface area contributed by atoms with Crippen LogP contribution in [0.2, 0.25) is 0 Å². The second-order valence-electron chi connectivity index (χ2n) is 6.93. The molecule has 9 heteroatoms. The average molecular weight is 403 g/mol. The number of amides is 1. The summed E-state index contributed by atoms with van der Waals surface area (Å²) in [6.45, 7) is 1.51. The molecule has 0 aliphatic heterocycles. The van der Waals surface area contributed by atoms with Crippen molar-refractivity contribution in [3.8, 4) is 0 Å². The van der Waals surface area contributed by atoms with Gasteiger partial charge in [0.25, 0.3) is 0 Å². The fourth-order valence-corrected chi connectivity index (χ4v) is 3.60. The number of nitrogens with one attached hydrogen (secondary N) is 2. The number of hydrogen-bond acceptors (Lipinski definition) is 6. The molecule has 3 rings (SSSR count). The number of hydrogen-bond donors (Lipinski definition) is 3. The van der Waals surface area contributed by atoms with E-state index in [-0.39, 0.29) is 5.91 Å². The molecule has 0 bridgehead atoms. The number of carbonyl (C=O) groups excluding carboxylic acids is 1. The van der Waals surface area contributed by atoms with E-state index in [9.17, 15) is 9.00 Å². The number of nitrogens with two attached hydrogens (primary N) is 1. The number of carbonyl (C=O) groups is 1. The maximum absolute atomic E-state index is 11.8. The topological polar surface area (TPSA) is 113 Å². The van der Waals surface area contributed by atoms with Crippen molar-refractivity contribution in [2.24, 2.45) is 5.14 Å². The van der Waals surface area contributed by atoms with Crippen molar-refractivity contribution < 1.29 is 9.00 Å². The van der Waals surface area contributed by atoms with E-state index in [0.29, 0.717) is 28.4 Å². The average Bonchev–Trinajstić information content (AvgIpc) is 2.69. The van der Waals surface area contributed by atoms with Crippen molar-refractivity contribution in [3.05, 3.63) is 30.5 Å². The largest absolute Gasteiger partial charge is 0.365 e. The quantitative estimate of drug-likeness (QED) is 0.685. The van der Waals surface area contributed by atoms with Gasteiger partial charge >= 0.3 is 0 Å². The summed E-state index contributed by atoms with van der Waals surface area (Å²) in [4.78, 5) is 22.9. The van der Waals surface area contributed by atoms with Crippen LogP contribution in [0.5, 0.6) is 0 Å². The summed E-state index contributed by atoms with van der Waals surface area (Å²) in [5.74, 6) is 0.976. The smallest absolute Gasteiger partial charge is 0.229 e. The second-order valence-corrected chi connectivity index (χ2v) is 8.00. The lowest BCUT2D eigenvalue weighted by Gasteiger charge is -2.26. The SMILES string of the molecule is CC(=O)N(C)c1cnc(Nc2ccc(S(N)=O)cc2)nc1NC1CCCCC1. The minimum atomic E-state index is -1.51. The number of nitrogens with zero attached hydrogens (tertiary/aromatic N) is 3. The molecule has 1 amide bonds. The number of aromatic nitrogens is 2. The van der Waals surface area contributed by atoms with Gasteiger partial charge in [0.2, 0.25) is 11.9 Å². The molecule has 1 atom stereocenters. The molecular formula is C19H26N6O2S. The maximum Gasteiger partial charge on any atom is 0.229 e. The Kier molecular flexibility index (Phi) is 6.58. The first kappa shape index (κ1) is 20.2. The van der Waals surface area contributed by atoms with Gasteiger partial charge in [0.15, 0.2) is 5.82 Å². The highest BCUT2D eigenvalue weighted by Gasteiger charge is 2.19. The van der Waals surface area contributed by atoms with Crippen molar-refractivity contribution in [2.75, 3.05) is 22.6 Å². The van der Waals surface area contributed by atoms with Gasteiger partial charge in [-0.25, -0.2) is 14.3 Å². The van der Waals surface area contributed by atoms with Crippen molar-refractivity contribution in [1.82, 2.24) is 9.97 Å². The third-order valence-corrected chi connectivity index (χ3v) is 5.63. The van der Waals surface area contributed by atoms with Gasteiger partial charge in [-0.15, -0.1) is 0 Å². The molecule has 0 saturated heterocycles. The summed E-state index contributed by atoms with van der Waals surface area (Å²) >= 11 is 0.